The van der Waals surface area contributed by atoms with Crippen molar-refractivity contribution in [1.82, 2.24) is 5.32 Å². The van der Waals surface area contributed by atoms with Gasteiger partial charge in [-0.15, -0.1) is 0 Å². The van der Waals surface area contributed by atoms with Crippen LogP contribution in [0.3, 0.4) is 0 Å². The van der Waals surface area contributed by atoms with Crippen LogP contribution in [0.5, 0.6) is 0 Å². The van der Waals surface area contributed by atoms with Crippen LogP contribution in [0.4, 0.5) is 0 Å². The summed E-state index contributed by atoms with van der Waals surface area (Å²) < 4.78 is 0. The Balaban J connectivity index is 2.52. The zero-order valence-corrected chi connectivity index (χ0v) is 9.74. The summed E-state index contributed by atoms with van der Waals surface area (Å²) in [5.41, 5.74) is 1.90. The molecule has 84 valence electrons. The Kier molecular flexibility index (Phi) is 5.80. The summed E-state index contributed by atoms with van der Waals surface area (Å²) in [7, 11) is 0. The van der Waals surface area contributed by atoms with E-state index in [0.717, 1.165) is 30.5 Å². The molecule has 0 saturated carbocycles. The zero-order chi connectivity index (χ0) is 11.6. The van der Waals surface area contributed by atoms with Crippen LogP contribution < -0.4 is 5.32 Å². The summed E-state index contributed by atoms with van der Waals surface area (Å²) in [6.45, 7) is 2.16. The minimum absolute atomic E-state index is 0.741. The van der Waals surface area contributed by atoms with E-state index in [1.165, 1.54) is 6.42 Å². The molecule has 1 aliphatic rings. The monoisotopic (exact) mass is 214 g/mol. The molecule has 0 atom stereocenters. The number of unbranched alkanes of at least 4 members (excludes halogenated alkanes) is 1. The van der Waals surface area contributed by atoms with Gasteiger partial charge in [-0.05, 0) is 25.1 Å². The van der Waals surface area contributed by atoms with E-state index in [2.05, 4.69) is 30.5 Å². The highest BCUT2D eigenvalue weighted by atomic mass is 14.8. The molecule has 1 rings (SSSR count). The molecule has 0 aliphatic heterocycles. The highest BCUT2D eigenvalue weighted by Crippen LogP contribution is 2.09. The Labute approximate surface area is 97.7 Å². The molecule has 0 spiro atoms. The lowest BCUT2D eigenvalue weighted by molar-refractivity contribution is 0.925. The van der Waals surface area contributed by atoms with E-state index in [9.17, 15) is 0 Å². The third-order valence-electron chi connectivity index (χ3n) is 2.31. The maximum Gasteiger partial charge on any atom is 0.0988 e. The van der Waals surface area contributed by atoms with Crippen LogP contribution in [-0.2, 0) is 0 Å². The fraction of sp³-hybridized carbons (Fsp3) is 0.357. The number of nitrogens with zero attached hydrogens (tertiary/aromatic N) is 1. The summed E-state index contributed by atoms with van der Waals surface area (Å²) in [5, 5.41) is 12.1. The van der Waals surface area contributed by atoms with Gasteiger partial charge in [-0.1, -0.05) is 37.6 Å². The van der Waals surface area contributed by atoms with E-state index in [4.69, 9.17) is 5.26 Å². The topological polar surface area (TPSA) is 35.8 Å². The molecular weight excluding hydrogens is 196 g/mol. The molecule has 0 saturated heterocycles. The summed E-state index contributed by atoms with van der Waals surface area (Å²) >= 11 is 0. The van der Waals surface area contributed by atoms with Gasteiger partial charge in [0.2, 0.25) is 0 Å². The predicted molar refractivity (Wildman–Crippen MR) is 67.3 cm³/mol. The van der Waals surface area contributed by atoms with Crippen LogP contribution in [0.25, 0.3) is 0 Å². The largest absolute Gasteiger partial charge is 0.365 e. The normalized spacial score (nSPS) is 21.2. The van der Waals surface area contributed by atoms with Crippen LogP contribution in [0.1, 0.15) is 32.6 Å². The molecule has 0 unspecified atom stereocenters. The number of hydrogen-bond donors (Lipinski definition) is 1. The Morgan fingerprint density at radius 3 is 3.12 bits per heavy atom. The number of nitriles is 1. The van der Waals surface area contributed by atoms with E-state index >= 15 is 0 Å². The van der Waals surface area contributed by atoms with Gasteiger partial charge in [0.15, 0.2) is 0 Å². The molecule has 0 aromatic rings. The minimum Gasteiger partial charge on any atom is -0.365 e. The van der Waals surface area contributed by atoms with Gasteiger partial charge in [0.1, 0.15) is 0 Å². The maximum absolute atomic E-state index is 8.82. The smallest absolute Gasteiger partial charge is 0.0988 e. The lowest BCUT2D eigenvalue weighted by atomic mass is 10.1. The van der Waals surface area contributed by atoms with E-state index in [0.29, 0.717) is 0 Å². The second kappa shape index (κ2) is 7.53. The van der Waals surface area contributed by atoms with Crippen molar-refractivity contribution in [2.75, 3.05) is 0 Å². The first-order valence-electron chi connectivity index (χ1n) is 5.74. The van der Waals surface area contributed by atoms with Crippen molar-refractivity contribution in [3.05, 3.63) is 47.9 Å². The van der Waals surface area contributed by atoms with Gasteiger partial charge in [0.05, 0.1) is 6.07 Å². The first kappa shape index (κ1) is 12.3. The molecule has 0 aromatic carbocycles. The fourth-order valence-corrected chi connectivity index (χ4v) is 1.39. The molecule has 0 aromatic heterocycles. The van der Waals surface area contributed by atoms with Gasteiger partial charge < -0.3 is 5.32 Å². The van der Waals surface area contributed by atoms with Crippen LogP contribution in [0.2, 0.25) is 0 Å². The minimum atomic E-state index is 0.741. The van der Waals surface area contributed by atoms with Gasteiger partial charge in [0.25, 0.3) is 0 Å². The van der Waals surface area contributed by atoms with Gasteiger partial charge in [-0.3, -0.25) is 0 Å². The van der Waals surface area contributed by atoms with Gasteiger partial charge >= 0.3 is 0 Å². The van der Waals surface area contributed by atoms with Gasteiger partial charge in [-0.25, -0.2) is 0 Å². The molecule has 0 radical (unpaired) electrons. The number of allylic oxidation sites excluding steroid dienone is 6. The van der Waals surface area contributed by atoms with Gasteiger partial charge in [-0.2, -0.15) is 5.26 Å². The highest BCUT2D eigenvalue weighted by Gasteiger charge is 1.96. The number of hydrogen-bond acceptors (Lipinski definition) is 2. The van der Waals surface area contributed by atoms with Crippen molar-refractivity contribution >= 4 is 0 Å². The molecule has 16 heavy (non-hydrogen) atoms. The lowest BCUT2D eigenvalue weighted by Gasteiger charge is -2.06. The highest BCUT2D eigenvalue weighted by molar-refractivity contribution is 5.35. The SMILES string of the molecule is CCC/C=C\N/C1=C/C/C=C\C(C#N)=CC1. The van der Waals surface area contributed by atoms with Crippen LogP contribution >= 0.6 is 0 Å². The van der Waals surface area contributed by atoms with Crippen molar-refractivity contribution in [3.63, 3.8) is 0 Å². The average Bonchev–Trinajstić information content (AvgIpc) is 2.27. The third kappa shape index (κ3) is 4.65. The maximum atomic E-state index is 8.82. The molecule has 0 fully saturated rings. The van der Waals surface area contributed by atoms with Crippen molar-refractivity contribution in [2.24, 2.45) is 0 Å². The van der Waals surface area contributed by atoms with E-state index in [1.807, 2.05) is 24.4 Å². The van der Waals surface area contributed by atoms with Crippen molar-refractivity contribution in [1.29, 1.82) is 5.26 Å². The van der Waals surface area contributed by atoms with E-state index in [-0.39, 0.29) is 0 Å². The summed E-state index contributed by atoms with van der Waals surface area (Å²) in [6, 6.07) is 2.17. The molecular formula is C14H18N2. The van der Waals surface area contributed by atoms with Crippen LogP contribution in [-0.4, -0.2) is 0 Å². The van der Waals surface area contributed by atoms with Crippen molar-refractivity contribution in [2.45, 2.75) is 32.6 Å². The molecule has 1 N–H and O–H groups in total. The van der Waals surface area contributed by atoms with E-state index < -0.39 is 0 Å². The second-order valence-corrected chi connectivity index (χ2v) is 3.68. The predicted octanol–water partition coefficient (Wildman–Crippen LogP) is 3.57. The van der Waals surface area contributed by atoms with Crippen LogP contribution in [0.15, 0.2) is 47.9 Å². The number of nitrogens with one attached hydrogen (secondary N) is 1. The molecule has 0 bridgehead atoms. The quantitative estimate of drug-likeness (QED) is 0.776. The Morgan fingerprint density at radius 1 is 1.50 bits per heavy atom. The van der Waals surface area contributed by atoms with E-state index in [1.54, 1.807) is 0 Å². The summed E-state index contributed by atoms with van der Waals surface area (Å²) in [4.78, 5) is 0. The Bertz CT molecular complexity index is 365. The molecule has 0 heterocycles. The Morgan fingerprint density at radius 2 is 2.38 bits per heavy atom. The Hall–Kier alpha value is -1.75. The molecule has 2 nitrogen and oxygen atoms in total. The fourth-order valence-electron chi connectivity index (χ4n) is 1.39. The molecule has 1 aliphatic carbocycles. The summed E-state index contributed by atoms with van der Waals surface area (Å²) in [6.07, 6.45) is 16.0. The zero-order valence-electron chi connectivity index (χ0n) is 9.74. The third-order valence-corrected chi connectivity index (χ3v) is 2.31. The standard InChI is InChI=1S/C14H18N2/c1-2-3-6-11-16-14-8-5-4-7-13(12-15)9-10-14/h4,6-9,11,16H,2-3,5,10H2,1H3/b7-4-,11-6-,13-9?,14-8+. The first-order chi connectivity index (χ1) is 7.86. The molecule has 2 heteroatoms. The summed E-state index contributed by atoms with van der Waals surface area (Å²) in [5.74, 6) is 0. The van der Waals surface area contributed by atoms with Crippen LogP contribution in [0, 0.1) is 11.3 Å². The molecule has 0 amide bonds. The van der Waals surface area contributed by atoms with Gasteiger partial charge in [0, 0.05) is 17.7 Å². The average molecular weight is 214 g/mol. The number of rotatable bonds is 4. The first-order valence-corrected chi connectivity index (χ1v) is 5.74. The van der Waals surface area contributed by atoms with Crippen molar-refractivity contribution < 1.29 is 0 Å². The second-order valence-electron chi connectivity index (χ2n) is 3.68. The van der Waals surface area contributed by atoms with Crippen molar-refractivity contribution in [3.8, 4) is 6.07 Å². The lowest BCUT2D eigenvalue weighted by Crippen LogP contribution is -2.04.